The first kappa shape index (κ1) is 8.25. The highest BCUT2D eigenvalue weighted by molar-refractivity contribution is 5.13. The van der Waals surface area contributed by atoms with Crippen LogP contribution in [0.15, 0.2) is 0 Å². The molecule has 0 aromatic carbocycles. The van der Waals surface area contributed by atoms with Gasteiger partial charge in [-0.05, 0) is 37.0 Å². The molecule has 2 heteroatoms. The fraction of sp³-hybridized carbons (Fsp3) is 1.00. The van der Waals surface area contributed by atoms with E-state index in [4.69, 9.17) is 4.74 Å². The molecular formula is C11H18O2. The Morgan fingerprint density at radius 1 is 1.54 bits per heavy atom. The Labute approximate surface area is 79.3 Å². The molecule has 13 heavy (non-hydrogen) atoms. The standard InChI is InChI=1S/C11H18O2/c1-2-11-4-7-3-10(11)13-6-9(11)8(7)5-12/h7-10,12H,2-6H2,1H3. The zero-order valence-electron chi connectivity index (χ0n) is 8.20. The van der Waals surface area contributed by atoms with Crippen LogP contribution < -0.4 is 0 Å². The summed E-state index contributed by atoms with van der Waals surface area (Å²) in [5, 5.41) is 9.36. The summed E-state index contributed by atoms with van der Waals surface area (Å²) in [6, 6.07) is 0. The summed E-state index contributed by atoms with van der Waals surface area (Å²) >= 11 is 0. The highest BCUT2D eigenvalue weighted by Gasteiger charge is 2.65. The van der Waals surface area contributed by atoms with E-state index in [0.717, 1.165) is 12.5 Å². The lowest BCUT2D eigenvalue weighted by molar-refractivity contribution is 0.0530. The smallest absolute Gasteiger partial charge is 0.0637 e. The topological polar surface area (TPSA) is 29.5 Å². The molecule has 3 rings (SSSR count). The summed E-state index contributed by atoms with van der Waals surface area (Å²) in [6.07, 6.45) is 4.32. The van der Waals surface area contributed by atoms with Crippen molar-refractivity contribution < 1.29 is 9.84 Å². The van der Waals surface area contributed by atoms with E-state index in [9.17, 15) is 5.11 Å². The normalized spacial score (nSPS) is 57.7. The summed E-state index contributed by atoms with van der Waals surface area (Å²) in [5.74, 6) is 1.99. The van der Waals surface area contributed by atoms with E-state index >= 15 is 0 Å². The van der Waals surface area contributed by atoms with Crippen molar-refractivity contribution in [3.8, 4) is 0 Å². The third-order valence-corrected chi connectivity index (χ3v) is 5.01. The van der Waals surface area contributed by atoms with E-state index in [2.05, 4.69) is 6.92 Å². The maximum atomic E-state index is 9.36. The summed E-state index contributed by atoms with van der Waals surface area (Å²) in [6.45, 7) is 3.59. The molecule has 3 fully saturated rings. The molecule has 0 aromatic rings. The Morgan fingerprint density at radius 3 is 3.08 bits per heavy atom. The lowest BCUT2D eigenvalue weighted by Crippen LogP contribution is -2.35. The first-order valence-corrected chi connectivity index (χ1v) is 5.54. The molecule has 0 spiro atoms. The molecule has 2 aliphatic carbocycles. The van der Waals surface area contributed by atoms with Gasteiger partial charge in [-0.15, -0.1) is 0 Å². The summed E-state index contributed by atoms with van der Waals surface area (Å²) < 4.78 is 5.85. The fourth-order valence-electron chi connectivity index (χ4n) is 4.34. The minimum atomic E-state index is 0.382. The predicted molar refractivity (Wildman–Crippen MR) is 49.3 cm³/mol. The van der Waals surface area contributed by atoms with Crippen LogP contribution in [0.3, 0.4) is 0 Å². The van der Waals surface area contributed by atoms with Gasteiger partial charge >= 0.3 is 0 Å². The molecule has 2 bridgehead atoms. The van der Waals surface area contributed by atoms with Crippen LogP contribution in [0.2, 0.25) is 0 Å². The van der Waals surface area contributed by atoms with Crippen LogP contribution in [-0.4, -0.2) is 24.4 Å². The first-order chi connectivity index (χ1) is 6.31. The van der Waals surface area contributed by atoms with E-state index in [1.54, 1.807) is 0 Å². The van der Waals surface area contributed by atoms with E-state index in [0.29, 0.717) is 30.0 Å². The average molecular weight is 182 g/mol. The Morgan fingerprint density at radius 2 is 2.38 bits per heavy atom. The second kappa shape index (κ2) is 2.48. The van der Waals surface area contributed by atoms with Gasteiger partial charge in [0.15, 0.2) is 0 Å². The number of hydrogen-bond acceptors (Lipinski definition) is 2. The maximum absolute atomic E-state index is 9.36. The predicted octanol–water partition coefficient (Wildman–Crippen LogP) is 1.43. The van der Waals surface area contributed by atoms with Crippen molar-refractivity contribution in [3.05, 3.63) is 0 Å². The van der Waals surface area contributed by atoms with Crippen LogP contribution in [0.4, 0.5) is 0 Å². The number of ether oxygens (including phenoxy) is 1. The highest BCUT2D eigenvalue weighted by atomic mass is 16.5. The zero-order valence-corrected chi connectivity index (χ0v) is 8.20. The van der Waals surface area contributed by atoms with Crippen molar-refractivity contribution in [2.24, 2.45) is 23.2 Å². The second-order valence-corrected chi connectivity index (χ2v) is 5.06. The Balaban J connectivity index is 1.98. The number of fused-ring (bicyclic) bond motifs is 1. The summed E-state index contributed by atoms with van der Waals surface area (Å²) in [4.78, 5) is 0. The molecule has 74 valence electrons. The van der Waals surface area contributed by atoms with Gasteiger partial charge in [0.05, 0.1) is 12.7 Å². The van der Waals surface area contributed by atoms with Crippen LogP contribution in [0.25, 0.3) is 0 Å². The Bertz CT molecular complexity index is 228. The molecule has 0 amide bonds. The largest absolute Gasteiger partial charge is 0.396 e. The van der Waals surface area contributed by atoms with Crippen molar-refractivity contribution >= 4 is 0 Å². The van der Waals surface area contributed by atoms with Crippen molar-refractivity contribution in [1.29, 1.82) is 0 Å². The number of aliphatic hydroxyl groups excluding tert-OH is 1. The second-order valence-electron chi connectivity index (χ2n) is 5.06. The first-order valence-electron chi connectivity index (χ1n) is 5.54. The zero-order chi connectivity index (χ0) is 9.05. The van der Waals surface area contributed by atoms with Gasteiger partial charge in [0.2, 0.25) is 0 Å². The van der Waals surface area contributed by atoms with E-state index < -0.39 is 0 Å². The van der Waals surface area contributed by atoms with Crippen LogP contribution in [0, 0.1) is 23.2 Å². The molecule has 1 heterocycles. The summed E-state index contributed by atoms with van der Waals surface area (Å²) in [5.41, 5.74) is 0.470. The monoisotopic (exact) mass is 182 g/mol. The van der Waals surface area contributed by atoms with Crippen molar-refractivity contribution in [2.75, 3.05) is 13.2 Å². The molecule has 2 nitrogen and oxygen atoms in total. The van der Waals surface area contributed by atoms with Gasteiger partial charge in [-0.3, -0.25) is 0 Å². The molecule has 2 saturated carbocycles. The maximum Gasteiger partial charge on any atom is 0.0637 e. The van der Waals surface area contributed by atoms with Gasteiger partial charge < -0.3 is 9.84 Å². The van der Waals surface area contributed by atoms with Gasteiger partial charge in [0.1, 0.15) is 0 Å². The number of aliphatic hydroxyl groups is 1. The van der Waals surface area contributed by atoms with Gasteiger partial charge in [-0.2, -0.15) is 0 Å². The van der Waals surface area contributed by atoms with Gasteiger partial charge in [0, 0.05) is 12.0 Å². The SMILES string of the molecule is CCC12CC3CC1OCC2C3CO. The van der Waals surface area contributed by atoms with Crippen LogP contribution in [0.5, 0.6) is 0 Å². The molecule has 0 aromatic heterocycles. The minimum Gasteiger partial charge on any atom is -0.396 e. The summed E-state index contributed by atoms with van der Waals surface area (Å²) in [7, 11) is 0. The van der Waals surface area contributed by atoms with Crippen LogP contribution in [-0.2, 0) is 4.74 Å². The van der Waals surface area contributed by atoms with Crippen molar-refractivity contribution in [3.63, 3.8) is 0 Å². The Kier molecular flexibility index (Phi) is 1.58. The molecule has 5 unspecified atom stereocenters. The molecule has 1 saturated heterocycles. The fourth-order valence-corrected chi connectivity index (χ4v) is 4.34. The highest BCUT2D eigenvalue weighted by Crippen LogP contribution is 2.66. The van der Waals surface area contributed by atoms with Gasteiger partial charge in [0.25, 0.3) is 0 Å². The molecule has 5 atom stereocenters. The lowest BCUT2D eigenvalue weighted by atomic mass is 9.70. The van der Waals surface area contributed by atoms with Crippen LogP contribution in [0.1, 0.15) is 26.2 Å². The van der Waals surface area contributed by atoms with Gasteiger partial charge in [-0.1, -0.05) is 6.92 Å². The average Bonchev–Trinajstić information content (AvgIpc) is 2.68. The van der Waals surface area contributed by atoms with Crippen molar-refractivity contribution in [1.82, 2.24) is 0 Å². The van der Waals surface area contributed by atoms with E-state index in [1.165, 1.54) is 19.3 Å². The number of hydrogen-bond donors (Lipinski definition) is 1. The Hall–Kier alpha value is -0.0800. The number of rotatable bonds is 2. The molecule has 3 aliphatic rings. The lowest BCUT2D eigenvalue weighted by Gasteiger charge is -2.34. The molecule has 1 N–H and O–H groups in total. The molecular weight excluding hydrogens is 164 g/mol. The molecule has 1 aliphatic heterocycles. The van der Waals surface area contributed by atoms with E-state index in [1.807, 2.05) is 0 Å². The van der Waals surface area contributed by atoms with E-state index in [-0.39, 0.29) is 0 Å². The molecule has 0 radical (unpaired) electrons. The minimum absolute atomic E-state index is 0.382. The van der Waals surface area contributed by atoms with Gasteiger partial charge in [-0.25, -0.2) is 0 Å². The van der Waals surface area contributed by atoms with Crippen LogP contribution >= 0.6 is 0 Å². The third kappa shape index (κ3) is 0.774. The third-order valence-electron chi connectivity index (χ3n) is 5.01. The van der Waals surface area contributed by atoms with Crippen molar-refractivity contribution in [2.45, 2.75) is 32.3 Å². The quantitative estimate of drug-likeness (QED) is 0.700.